The van der Waals surface area contributed by atoms with E-state index in [4.69, 9.17) is 0 Å². The number of rotatable bonds is 3. The topological polar surface area (TPSA) is 15.3 Å². The average molecular weight is 272 g/mol. The SMILES string of the molecule is CCC1CN(CCC(F)(F)F)c2ccccc2CN1. The van der Waals surface area contributed by atoms with E-state index >= 15 is 0 Å². The summed E-state index contributed by atoms with van der Waals surface area (Å²) < 4.78 is 37.3. The van der Waals surface area contributed by atoms with Gasteiger partial charge in [0, 0.05) is 31.4 Å². The van der Waals surface area contributed by atoms with Crippen LogP contribution >= 0.6 is 0 Å². The van der Waals surface area contributed by atoms with Crippen molar-refractivity contribution in [3.05, 3.63) is 29.8 Å². The largest absolute Gasteiger partial charge is 0.390 e. The summed E-state index contributed by atoms with van der Waals surface area (Å²) in [5.74, 6) is 0. The third-order valence-electron chi connectivity index (χ3n) is 3.51. The van der Waals surface area contributed by atoms with Crippen molar-refractivity contribution in [3.63, 3.8) is 0 Å². The van der Waals surface area contributed by atoms with E-state index in [0.717, 1.165) is 24.2 Å². The Labute approximate surface area is 111 Å². The highest BCUT2D eigenvalue weighted by Crippen LogP contribution is 2.27. The van der Waals surface area contributed by atoms with Crippen LogP contribution in [0.4, 0.5) is 18.9 Å². The Kier molecular flexibility index (Phi) is 4.34. The molecule has 0 saturated heterocycles. The first-order valence-electron chi connectivity index (χ1n) is 6.62. The van der Waals surface area contributed by atoms with Gasteiger partial charge in [0.1, 0.15) is 0 Å². The molecule has 1 atom stereocenters. The molecule has 2 rings (SSSR count). The number of halogens is 3. The lowest BCUT2D eigenvalue weighted by Crippen LogP contribution is -2.39. The number of hydrogen-bond acceptors (Lipinski definition) is 2. The zero-order chi connectivity index (χ0) is 13.9. The summed E-state index contributed by atoms with van der Waals surface area (Å²) in [7, 11) is 0. The molecule has 0 spiro atoms. The van der Waals surface area contributed by atoms with Gasteiger partial charge in [0.25, 0.3) is 0 Å². The first kappa shape index (κ1) is 14.2. The van der Waals surface area contributed by atoms with Gasteiger partial charge in [0.2, 0.25) is 0 Å². The molecule has 0 fully saturated rings. The fraction of sp³-hybridized carbons (Fsp3) is 0.571. The molecule has 0 aromatic heterocycles. The third-order valence-corrected chi connectivity index (χ3v) is 3.51. The zero-order valence-corrected chi connectivity index (χ0v) is 11.0. The van der Waals surface area contributed by atoms with Gasteiger partial charge in [-0.25, -0.2) is 0 Å². The Morgan fingerprint density at radius 3 is 2.74 bits per heavy atom. The molecule has 1 N–H and O–H groups in total. The van der Waals surface area contributed by atoms with Gasteiger partial charge in [0.15, 0.2) is 0 Å². The molecule has 1 aliphatic rings. The van der Waals surface area contributed by atoms with Crippen molar-refractivity contribution in [2.24, 2.45) is 0 Å². The van der Waals surface area contributed by atoms with E-state index in [0.29, 0.717) is 6.54 Å². The minimum atomic E-state index is -4.10. The third kappa shape index (κ3) is 3.86. The summed E-state index contributed by atoms with van der Waals surface area (Å²) in [6.07, 6.45) is -3.95. The van der Waals surface area contributed by atoms with Crippen molar-refractivity contribution in [2.75, 3.05) is 18.0 Å². The second-order valence-electron chi connectivity index (χ2n) is 4.93. The monoisotopic (exact) mass is 272 g/mol. The quantitative estimate of drug-likeness (QED) is 0.908. The Bertz CT molecular complexity index is 417. The Balaban J connectivity index is 2.17. The molecule has 0 amide bonds. The predicted octanol–water partition coefficient (Wildman–Crippen LogP) is 3.33. The number of nitrogens with one attached hydrogen (secondary N) is 1. The number of nitrogens with zero attached hydrogens (tertiary/aromatic N) is 1. The van der Waals surface area contributed by atoms with Gasteiger partial charge in [0.05, 0.1) is 6.42 Å². The molecular formula is C14H19F3N2. The molecule has 0 saturated carbocycles. The molecule has 19 heavy (non-hydrogen) atoms. The Morgan fingerprint density at radius 2 is 2.05 bits per heavy atom. The molecule has 1 heterocycles. The van der Waals surface area contributed by atoms with Gasteiger partial charge in [-0.05, 0) is 18.1 Å². The number of hydrogen-bond donors (Lipinski definition) is 1. The van der Waals surface area contributed by atoms with Crippen LogP contribution in [0.2, 0.25) is 0 Å². The van der Waals surface area contributed by atoms with Gasteiger partial charge < -0.3 is 10.2 Å². The fourth-order valence-corrected chi connectivity index (χ4v) is 2.40. The van der Waals surface area contributed by atoms with E-state index in [2.05, 4.69) is 12.2 Å². The normalized spacial score (nSPS) is 20.0. The standard InChI is InChI=1S/C14H19F3N2/c1-2-12-10-19(8-7-14(15,16)17)13-6-4-3-5-11(13)9-18-12/h3-6,12,18H,2,7-10H2,1H3. The first-order chi connectivity index (χ1) is 8.99. The van der Waals surface area contributed by atoms with Crippen LogP contribution in [0.1, 0.15) is 25.3 Å². The summed E-state index contributed by atoms with van der Waals surface area (Å²) in [4.78, 5) is 1.86. The minimum absolute atomic E-state index is 0.0265. The second-order valence-corrected chi connectivity index (χ2v) is 4.93. The van der Waals surface area contributed by atoms with Crippen LogP contribution < -0.4 is 10.2 Å². The van der Waals surface area contributed by atoms with Crippen LogP contribution in [0.25, 0.3) is 0 Å². The highest BCUT2D eigenvalue weighted by Gasteiger charge is 2.29. The van der Waals surface area contributed by atoms with Crippen LogP contribution in [0, 0.1) is 0 Å². The van der Waals surface area contributed by atoms with Crippen molar-refractivity contribution < 1.29 is 13.2 Å². The van der Waals surface area contributed by atoms with Gasteiger partial charge >= 0.3 is 6.18 Å². The molecule has 1 unspecified atom stereocenters. The average Bonchev–Trinajstić information content (AvgIpc) is 2.55. The second kappa shape index (κ2) is 5.82. The van der Waals surface area contributed by atoms with Crippen molar-refractivity contribution in [3.8, 4) is 0 Å². The lowest BCUT2D eigenvalue weighted by molar-refractivity contribution is -0.132. The number of anilines is 1. The van der Waals surface area contributed by atoms with Gasteiger partial charge in [-0.1, -0.05) is 25.1 Å². The number of fused-ring (bicyclic) bond motifs is 1. The van der Waals surface area contributed by atoms with Crippen LogP contribution in [0.15, 0.2) is 24.3 Å². The summed E-state index contributed by atoms with van der Waals surface area (Å²) in [5, 5.41) is 3.39. The van der Waals surface area contributed by atoms with Gasteiger partial charge in [-0.15, -0.1) is 0 Å². The molecule has 1 aromatic carbocycles. The minimum Gasteiger partial charge on any atom is -0.369 e. The highest BCUT2D eigenvalue weighted by atomic mass is 19.4. The van der Waals surface area contributed by atoms with E-state index in [1.54, 1.807) is 0 Å². The van der Waals surface area contributed by atoms with Crippen LogP contribution in [0.3, 0.4) is 0 Å². The van der Waals surface area contributed by atoms with E-state index in [1.165, 1.54) is 0 Å². The summed E-state index contributed by atoms with van der Waals surface area (Å²) in [6, 6.07) is 7.92. The molecule has 1 aromatic rings. The number of alkyl halides is 3. The molecule has 2 nitrogen and oxygen atoms in total. The highest BCUT2D eigenvalue weighted by molar-refractivity contribution is 5.54. The maximum Gasteiger partial charge on any atom is 0.390 e. The fourth-order valence-electron chi connectivity index (χ4n) is 2.40. The van der Waals surface area contributed by atoms with Crippen LogP contribution in [0.5, 0.6) is 0 Å². The molecule has 0 radical (unpaired) electrons. The summed E-state index contributed by atoms with van der Waals surface area (Å²) in [5.41, 5.74) is 2.00. The van der Waals surface area contributed by atoms with Gasteiger partial charge in [-0.2, -0.15) is 13.2 Å². The van der Waals surface area contributed by atoms with Crippen molar-refractivity contribution in [2.45, 2.75) is 38.5 Å². The first-order valence-corrected chi connectivity index (χ1v) is 6.62. The number of benzene rings is 1. The van der Waals surface area contributed by atoms with Crippen molar-refractivity contribution in [1.29, 1.82) is 0 Å². The molecule has 5 heteroatoms. The molecular weight excluding hydrogens is 253 g/mol. The van der Waals surface area contributed by atoms with E-state index in [9.17, 15) is 13.2 Å². The molecule has 0 aliphatic carbocycles. The molecule has 106 valence electrons. The summed E-state index contributed by atoms with van der Waals surface area (Å²) in [6.45, 7) is 3.43. The molecule has 0 bridgehead atoms. The van der Waals surface area contributed by atoms with E-state index in [-0.39, 0.29) is 12.6 Å². The lowest BCUT2D eigenvalue weighted by Gasteiger charge is -2.27. The van der Waals surface area contributed by atoms with Crippen molar-refractivity contribution in [1.82, 2.24) is 5.32 Å². The zero-order valence-electron chi connectivity index (χ0n) is 11.0. The maximum absolute atomic E-state index is 12.4. The maximum atomic E-state index is 12.4. The summed E-state index contributed by atoms with van der Waals surface area (Å²) >= 11 is 0. The molecule has 1 aliphatic heterocycles. The lowest BCUT2D eigenvalue weighted by atomic mass is 10.1. The van der Waals surface area contributed by atoms with Gasteiger partial charge in [-0.3, -0.25) is 0 Å². The predicted molar refractivity (Wildman–Crippen MR) is 70.2 cm³/mol. The number of para-hydroxylation sites is 1. The van der Waals surface area contributed by atoms with Crippen LogP contribution in [-0.2, 0) is 6.54 Å². The van der Waals surface area contributed by atoms with Crippen LogP contribution in [-0.4, -0.2) is 25.3 Å². The smallest absolute Gasteiger partial charge is 0.369 e. The van der Waals surface area contributed by atoms with E-state index < -0.39 is 12.6 Å². The van der Waals surface area contributed by atoms with Crippen molar-refractivity contribution >= 4 is 5.69 Å². The van der Waals surface area contributed by atoms with E-state index in [1.807, 2.05) is 29.2 Å². The Morgan fingerprint density at radius 1 is 1.32 bits per heavy atom. The Hall–Kier alpha value is -1.23.